The third-order valence-corrected chi connectivity index (χ3v) is 5.11. The molecule has 1 heterocycles. The first-order valence-corrected chi connectivity index (χ1v) is 10.8. The van der Waals surface area contributed by atoms with Crippen LogP contribution in [-0.4, -0.2) is 54.6 Å². The first kappa shape index (κ1) is 25.2. The molecule has 1 amide bonds. The number of amides is 1. The van der Waals surface area contributed by atoms with Crippen molar-refractivity contribution in [3.8, 4) is 6.07 Å². The number of benzene rings is 2. The van der Waals surface area contributed by atoms with Crippen molar-refractivity contribution in [3.63, 3.8) is 0 Å². The molecule has 0 atom stereocenters. The lowest BCUT2D eigenvalue weighted by molar-refractivity contribution is -0.163. The van der Waals surface area contributed by atoms with Crippen LogP contribution in [0.2, 0.25) is 0 Å². The Balaban J connectivity index is 2.33. The predicted octanol–water partition coefficient (Wildman–Crippen LogP) is 2.62. The Labute approximate surface area is 201 Å². The van der Waals surface area contributed by atoms with Crippen molar-refractivity contribution in [1.82, 2.24) is 5.32 Å². The number of hydrogen-bond acceptors (Lipinski definition) is 8. The number of ether oxygens (including phenoxy) is 2. The SMILES string of the molecule is CCOC(=O)C(NC(C)=O)(C(=O)OCC)C1=Nc2ccc(C#N)cc2C(c2ccccc2F)=NC1. The van der Waals surface area contributed by atoms with Crippen molar-refractivity contribution >= 4 is 35.0 Å². The number of fused-ring (bicyclic) bond motifs is 1. The van der Waals surface area contributed by atoms with Crippen molar-refractivity contribution in [2.24, 2.45) is 9.98 Å². The monoisotopic (exact) mass is 478 g/mol. The third-order valence-electron chi connectivity index (χ3n) is 5.11. The highest BCUT2D eigenvalue weighted by atomic mass is 19.1. The Morgan fingerprint density at radius 2 is 1.74 bits per heavy atom. The van der Waals surface area contributed by atoms with Crippen LogP contribution in [0.5, 0.6) is 0 Å². The van der Waals surface area contributed by atoms with E-state index in [1.54, 1.807) is 19.9 Å². The first-order chi connectivity index (χ1) is 16.8. The number of aliphatic imine (C=N–C) groups is 2. The topological polar surface area (TPSA) is 130 Å². The normalized spacial score (nSPS) is 12.8. The first-order valence-electron chi connectivity index (χ1n) is 10.8. The summed E-state index contributed by atoms with van der Waals surface area (Å²) in [6.07, 6.45) is 0. The molecule has 0 aliphatic carbocycles. The predicted molar refractivity (Wildman–Crippen MR) is 125 cm³/mol. The molecular formula is C25H23FN4O5. The minimum atomic E-state index is -2.42. The van der Waals surface area contributed by atoms with E-state index >= 15 is 0 Å². The molecule has 0 saturated heterocycles. The molecule has 9 nitrogen and oxygen atoms in total. The molecule has 0 unspecified atom stereocenters. The van der Waals surface area contributed by atoms with Crippen LogP contribution in [0.25, 0.3) is 0 Å². The lowest BCUT2D eigenvalue weighted by Crippen LogP contribution is -2.66. The Hall–Kier alpha value is -4.39. The summed E-state index contributed by atoms with van der Waals surface area (Å²) in [5, 5.41) is 11.8. The molecule has 0 aromatic heterocycles. The summed E-state index contributed by atoms with van der Waals surface area (Å²) in [5.41, 5.74) is -1.50. The number of carbonyl (C=O) groups is 3. The van der Waals surface area contributed by atoms with E-state index in [9.17, 15) is 24.0 Å². The zero-order chi connectivity index (χ0) is 25.6. The number of hydrogen-bond donors (Lipinski definition) is 1. The van der Waals surface area contributed by atoms with Gasteiger partial charge in [0.05, 0.1) is 48.5 Å². The number of nitriles is 1. The number of carbonyl (C=O) groups excluding carboxylic acids is 3. The average Bonchev–Trinajstić information content (AvgIpc) is 3.02. The Morgan fingerprint density at radius 3 is 2.31 bits per heavy atom. The van der Waals surface area contributed by atoms with E-state index in [4.69, 9.17) is 9.47 Å². The fourth-order valence-electron chi connectivity index (χ4n) is 3.63. The van der Waals surface area contributed by atoms with Gasteiger partial charge in [-0.1, -0.05) is 12.1 Å². The molecule has 0 saturated carbocycles. The molecule has 3 rings (SSSR count). The lowest BCUT2D eigenvalue weighted by Gasteiger charge is -2.30. The summed E-state index contributed by atoms with van der Waals surface area (Å²) in [7, 11) is 0. The van der Waals surface area contributed by atoms with Crippen molar-refractivity contribution in [1.29, 1.82) is 5.26 Å². The van der Waals surface area contributed by atoms with Crippen molar-refractivity contribution in [2.45, 2.75) is 26.3 Å². The summed E-state index contributed by atoms with van der Waals surface area (Å²) in [4.78, 5) is 47.5. The van der Waals surface area contributed by atoms with Gasteiger partial charge in [0.1, 0.15) is 5.82 Å². The zero-order valence-electron chi connectivity index (χ0n) is 19.4. The fraction of sp³-hybridized carbons (Fsp3) is 0.280. The molecule has 2 aromatic carbocycles. The van der Waals surface area contributed by atoms with Crippen LogP contribution in [0, 0.1) is 17.1 Å². The van der Waals surface area contributed by atoms with Gasteiger partial charge >= 0.3 is 11.9 Å². The minimum Gasteiger partial charge on any atom is -0.463 e. The van der Waals surface area contributed by atoms with Gasteiger partial charge in [0.15, 0.2) is 0 Å². The average molecular weight is 478 g/mol. The van der Waals surface area contributed by atoms with E-state index in [0.717, 1.165) is 6.92 Å². The molecular weight excluding hydrogens is 455 g/mol. The lowest BCUT2D eigenvalue weighted by atomic mass is 9.92. The maximum atomic E-state index is 14.8. The largest absolute Gasteiger partial charge is 0.463 e. The second-order valence-electron chi connectivity index (χ2n) is 7.42. The highest BCUT2D eigenvalue weighted by molar-refractivity contribution is 6.31. The summed E-state index contributed by atoms with van der Waals surface area (Å²) in [6, 6.07) is 12.4. The Kier molecular flexibility index (Phi) is 7.71. The number of rotatable bonds is 7. The summed E-state index contributed by atoms with van der Waals surface area (Å²) in [6.45, 7) is 3.68. The van der Waals surface area contributed by atoms with Crippen LogP contribution < -0.4 is 5.32 Å². The van der Waals surface area contributed by atoms with Gasteiger partial charge in [-0.2, -0.15) is 5.26 Å². The van der Waals surface area contributed by atoms with Crippen LogP contribution in [0.15, 0.2) is 52.4 Å². The smallest absolute Gasteiger partial charge is 0.349 e. The van der Waals surface area contributed by atoms with Crippen LogP contribution in [-0.2, 0) is 23.9 Å². The summed E-state index contributed by atoms with van der Waals surface area (Å²) in [5.74, 6) is -3.46. The molecule has 10 heteroatoms. The second kappa shape index (κ2) is 10.7. The van der Waals surface area contributed by atoms with Gasteiger partial charge in [0.2, 0.25) is 5.91 Å². The maximum Gasteiger partial charge on any atom is 0.349 e. The van der Waals surface area contributed by atoms with Crippen LogP contribution in [0.3, 0.4) is 0 Å². The molecule has 0 spiro atoms. The summed E-state index contributed by atoms with van der Waals surface area (Å²) >= 11 is 0. The van der Waals surface area contributed by atoms with E-state index in [2.05, 4.69) is 15.3 Å². The molecule has 1 N–H and O–H groups in total. The van der Waals surface area contributed by atoms with Crippen molar-refractivity contribution < 1.29 is 28.2 Å². The molecule has 0 bridgehead atoms. The molecule has 2 aromatic rings. The Morgan fingerprint density at radius 1 is 1.09 bits per heavy atom. The van der Waals surface area contributed by atoms with E-state index in [1.807, 2.05) is 6.07 Å². The van der Waals surface area contributed by atoms with Gasteiger partial charge in [-0.15, -0.1) is 0 Å². The number of esters is 2. The van der Waals surface area contributed by atoms with Crippen molar-refractivity contribution in [2.75, 3.05) is 19.8 Å². The highest BCUT2D eigenvalue weighted by Gasteiger charge is 2.55. The standard InChI is InChI=1S/C25H23FN4O5/c1-4-34-23(32)25(30-15(3)31,24(33)35-5-2)21-14-28-22(17-8-6-7-9-19(17)26)18-12-16(13-27)10-11-20(18)29-21/h6-12H,4-5,14H2,1-3H3,(H,30,31). The Bertz CT molecular complexity index is 1260. The van der Waals surface area contributed by atoms with E-state index in [0.29, 0.717) is 5.56 Å². The van der Waals surface area contributed by atoms with Gasteiger partial charge in [0, 0.05) is 18.1 Å². The van der Waals surface area contributed by atoms with Crippen LogP contribution in [0.4, 0.5) is 10.1 Å². The van der Waals surface area contributed by atoms with Gasteiger partial charge in [0.25, 0.3) is 5.54 Å². The van der Waals surface area contributed by atoms with Gasteiger partial charge in [-0.3, -0.25) is 14.8 Å². The summed E-state index contributed by atoms with van der Waals surface area (Å²) < 4.78 is 25.0. The second-order valence-corrected chi connectivity index (χ2v) is 7.42. The molecule has 0 fully saturated rings. The van der Waals surface area contributed by atoms with Crippen molar-refractivity contribution in [3.05, 3.63) is 65.0 Å². The zero-order valence-corrected chi connectivity index (χ0v) is 19.4. The molecule has 180 valence electrons. The quantitative estimate of drug-likeness (QED) is 0.481. The van der Waals surface area contributed by atoms with E-state index in [-0.39, 0.29) is 48.0 Å². The van der Waals surface area contributed by atoms with E-state index < -0.39 is 29.2 Å². The number of nitrogens with one attached hydrogen (secondary N) is 1. The van der Waals surface area contributed by atoms with Gasteiger partial charge in [-0.25, -0.2) is 14.0 Å². The van der Waals surface area contributed by atoms with E-state index in [1.165, 1.54) is 36.4 Å². The van der Waals surface area contributed by atoms with Gasteiger partial charge < -0.3 is 14.8 Å². The van der Waals surface area contributed by atoms with Crippen LogP contribution >= 0.6 is 0 Å². The number of nitrogens with zero attached hydrogens (tertiary/aromatic N) is 3. The third kappa shape index (κ3) is 4.94. The molecule has 35 heavy (non-hydrogen) atoms. The molecule has 0 radical (unpaired) electrons. The minimum absolute atomic E-state index is 0.0846. The molecule has 1 aliphatic heterocycles. The van der Waals surface area contributed by atoms with Gasteiger partial charge in [-0.05, 0) is 44.2 Å². The number of halogens is 1. The fourth-order valence-corrected chi connectivity index (χ4v) is 3.63. The highest BCUT2D eigenvalue weighted by Crippen LogP contribution is 2.30. The van der Waals surface area contributed by atoms with Crippen LogP contribution in [0.1, 0.15) is 37.5 Å². The maximum absolute atomic E-state index is 14.8. The molecule has 1 aliphatic rings.